The van der Waals surface area contributed by atoms with Gasteiger partial charge in [-0.3, -0.25) is 4.79 Å². The van der Waals surface area contributed by atoms with Crippen molar-refractivity contribution < 1.29 is 19.7 Å². The quantitative estimate of drug-likeness (QED) is 0.568. The van der Waals surface area contributed by atoms with Crippen molar-refractivity contribution in [1.82, 2.24) is 9.88 Å². The van der Waals surface area contributed by atoms with Crippen molar-refractivity contribution in [3.63, 3.8) is 0 Å². The number of hydrogen-bond donors (Lipinski definition) is 3. The molecule has 1 aliphatic carbocycles. The molecule has 2 rings (SSSR count). The third kappa shape index (κ3) is 4.72. The Bertz CT molecular complexity index is 895. The summed E-state index contributed by atoms with van der Waals surface area (Å²) in [7, 11) is 1.68. The van der Waals surface area contributed by atoms with Crippen LogP contribution >= 0.6 is 0 Å². The molecule has 0 saturated heterocycles. The molecule has 1 heterocycles. The van der Waals surface area contributed by atoms with Gasteiger partial charge in [0.1, 0.15) is 5.75 Å². The SMILES string of the molecule is CC/C(C)=C(\C)N(CCCOC)C1=C(C)c2[nH]c(=O)c(C(=O)O)c(O)c2CCC1. The van der Waals surface area contributed by atoms with Crippen molar-refractivity contribution in [1.29, 1.82) is 0 Å². The van der Waals surface area contributed by atoms with Crippen LogP contribution < -0.4 is 5.56 Å². The number of carbonyl (C=O) groups is 1. The molecule has 0 radical (unpaired) electrons. The van der Waals surface area contributed by atoms with Gasteiger partial charge in [0.2, 0.25) is 0 Å². The molecule has 3 N–H and O–H groups in total. The summed E-state index contributed by atoms with van der Waals surface area (Å²) in [5.74, 6) is -1.84. The maximum absolute atomic E-state index is 12.3. The van der Waals surface area contributed by atoms with Crippen LogP contribution in [0.1, 0.15) is 75.0 Å². The smallest absolute Gasteiger partial charge is 0.345 e. The lowest BCUT2D eigenvalue weighted by atomic mass is 10.0. The number of fused-ring (bicyclic) bond motifs is 1. The summed E-state index contributed by atoms with van der Waals surface area (Å²) in [6.07, 6.45) is 3.81. The number of methoxy groups -OCH3 is 1. The minimum Gasteiger partial charge on any atom is -0.506 e. The average molecular weight is 405 g/mol. The molecule has 1 aromatic heterocycles. The van der Waals surface area contributed by atoms with Crippen molar-refractivity contribution in [2.75, 3.05) is 20.3 Å². The fourth-order valence-electron chi connectivity index (χ4n) is 3.85. The van der Waals surface area contributed by atoms with Crippen LogP contribution in [0, 0.1) is 0 Å². The van der Waals surface area contributed by atoms with Gasteiger partial charge in [-0.2, -0.15) is 0 Å². The molecule has 1 aliphatic rings. The zero-order valence-electron chi connectivity index (χ0n) is 18.0. The molecule has 0 aromatic carbocycles. The van der Waals surface area contributed by atoms with Gasteiger partial charge in [-0.15, -0.1) is 0 Å². The number of allylic oxidation sites excluding steroid dienone is 4. The summed E-state index contributed by atoms with van der Waals surface area (Å²) in [5.41, 5.74) is 4.07. The predicted molar refractivity (Wildman–Crippen MR) is 113 cm³/mol. The molecule has 0 aliphatic heterocycles. The number of carboxylic acid groups (broad SMARTS) is 1. The third-order valence-corrected chi connectivity index (χ3v) is 5.76. The van der Waals surface area contributed by atoms with E-state index in [0.717, 1.165) is 43.5 Å². The monoisotopic (exact) mass is 404 g/mol. The number of hydrogen-bond acceptors (Lipinski definition) is 5. The molecule has 0 amide bonds. The van der Waals surface area contributed by atoms with E-state index in [2.05, 4.69) is 30.7 Å². The molecule has 0 unspecified atom stereocenters. The fourth-order valence-corrected chi connectivity index (χ4v) is 3.85. The molecular weight excluding hydrogens is 372 g/mol. The maximum atomic E-state index is 12.3. The number of aromatic nitrogens is 1. The molecule has 0 spiro atoms. The Hall–Kier alpha value is -2.54. The summed E-state index contributed by atoms with van der Waals surface area (Å²) in [6, 6.07) is 0. The summed E-state index contributed by atoms with van der Waals surface area (Å²) >= 11 is 0. The van der Waals surface area contributed by atoms with Gasteiger partial charge in [0.05, 0.1) is 5.69 Å². The Labute approximate surface area is 171 Å². The van der Waals surface area contributed by atoms with Crippen LogP contribution in [0.4, 0.5) is 0 Å². The number of ether oxygens (including phenoxy) is 1. The number of aromatic amines is 1. The Morgan fingerprint density at radius 3 is 2.55 bits per heavy atom. The topological polar surface area (TPSA) is 103 Å². The van der Waals surface area contributed by atoms with E-state index in [-0.39, 0.29) is 0 Å². The number of H-pyrrole nitrogens is 1. The van der Waals surface area contributed by atoms with Crippen LogP contribution in [0.25, 0.3) is 5.57 Å². The number of pyridine rings is 1. The van der Waals surface area contributed by atoms with E-state index in [1.807, 2.05) is 6.92 Å². The van der Waals surface area contributed by atoms with E-state index >= 15 is 0 Å². The number of rotatable bonds is 8. The molecule has 0 fully saturated rings. The Morgan fingerprint density at radius 1 is 1.28 bits per heavy atom. The number of aromatic carboxylic acids is 1. The van der Waals surface area contributed by atoms with E-state index in [4.69, 9.17) is 4.74 Å². The first-order valence-corrected chi connectivity index (χ1v) is 10.1. The third-order valence-electron chi connectivity index (χ3n) is 5.76. The highest BCUT2D eigenvalue weighted by Gasteiger charge is 2.27. The predicted octanol–water partition coefficient (Wildman–Crippen LogP) is 3.89. The zero-order chi connectivity index (χ0) is 21.7. The molecular formula is C22H32N2O5. The second-order valence-electron chi connectivity index (χ2n) is 7.48. The van der Waals surface area contributed by atoms with Gasteiger partial charge in [0, 0.05) is 37.2 Å². The van der Waals surface area contributed by atoms with Gasteiger partial charge >= 0.3 is 5.97 Å². The minimum atomic E-state index is -1.42. The van der Waals surface area contributed by atoms with Crippen molar-refractivity contribution in [2.45, 2.75) is 59.8 Å². The van der Waals surface area contributed by atoms with Crippen LogP contribution in [0.3, 0.4) is 0 Å². The minimum absolute atomic E-state index is 0.417. The van der Waals surface area contributed by atoms with Gasteiger partial charge in [-0.1, -0.05) is 12.5 Å². The second-order valence-corrected chi connectivity index (χ2v) is 7.48. The lowest BCUT2D eigenvalue weighted by molar-refractivity contribution is 0.0691. The molecule has 0 bridgehead atoms. The number of aromatic hydroxyl groups is 1. The van der Waals surface area contributed by atoms with Gasteiger partial charge in [0.15, 0.2) is 5.56 Å². The van der Waals surface area contributed by atoms with Gasteiger partial charge < -0.3 is 24.8 Å². The highest BCUT2D eigenvalue weighted by molar-refractivity contribution is 5.91. The molecule has 7 nitrogen and oxygen atoms in total. The maximum Gasteiger partial charge on any atom is 0.345 e. The van der Waals surface area contributed by atoms with Crippen LogP contribution in [0.2, 0.25) is 0 Å². The largest absolute Gasteiger partial charge is 0.506 e. The summed E-state index contributed by atoms with van der Waals surface area (Å²) in [4.78, 5) is 28.7. The molecule has 160 valence electrons. The average Bonchev–Trinajstić information content (AvgIpc) is 2.83. The van der Waals surface area contributed by atoms with Gasteiger partial charge in [-0.05, 0) is 58.4 Å². The highest BCUT2D eigenvalue weighted by Crippen LogP contribution is 2.36. The standard InChI is InChI=1S/C22H32N2O5/c1-6-13(2)15(4)24(11-8-12-29-5)17-10-7-9-16-19(14(17)3)23-21(26)18(20(16)25)22(27)28/h6-12H2,1-5H3,(H,27,28)(H2,23,25,26)/b15-13+. The molecule has 1 aromatic rings. The van der Waals surface area contributed by atoms with E-state index in [1.165, 1.54) is 11.3 Å². The second kappa shape index (κ2) is 9.78. The Kier molecular flexibility index (Phi) is 7.67. The normalized spacial score (nSPS) is 14.9. The van der Waals surface area contributed by atoms with E-state index in [0.29, 0.717) is 24.3 Å². The van der Waals surface area contributed by atoms with Crippen LogP contribution in [-0.2, 0) is 11.2 Å². The van der Waals surface area contributed by atoms with E-state index < -0.39 is 22.8 Å². The highest BCUT2D eigenvalue weighted by atomic mass is 16.5. The lowest BCUT2D eigenvalue weighted by Crippen LogP contribution is -2.26. The first kappa shape index (κ1) is 22.7. The van der Waals surface area contributed by atoms with E-state index in [1.54, 1.807) is 7.11 Å². The molecule has 7 heteroatoms. The van der Waals surface area contributed by atoms with Crippen molar-refractivity contribution >= 4 is 11.5 Å². The molecule has 29 heavy (non-hydrogen) atoms. The first-order valence-electron chi connectivity index (χ1n) is 10.1. The Balaban J connectivity index is 2.65. The van der Waals surface area contributed by atoms with Crippen LogP contribution in [0.5, 0.6) is 5.75 Å². The number of nitrogens with one attached hydrogen (secondary N) is 1. The molecule has 0 atom stereocenters. The van der Waals surface area contributed by atoms with Crippen molar-refractivity contribution in [3.8, 4) is 5.75 Å². The first-order chi connectivity index (χ1) is 13.7. The van der Waals surface area contributed by atoms with E-state index in [9.17, 15) is 19.8 Å². The zero-order valence-corrected chi connectivity index (χ0v) is 18.0. The number of nitrogens with zero attached hydrogens (tertiary/aromatic N) is 1. The van der Waals surface area contributed by atoms with Gasteiger partial charge in [-0.25, -0.2) is 4.79 Å². The van der Waals surface area contributed by atoms with Crippen molar-refractivity contribution in [2.24, 2.45) is 0 Å². The number of carboxylic acids is 1. The summed E-state index contributed by atoms with van der Waals surface area (Å²) in [5, 5.41) is 19.8. The molecule has 0 saturated carbocycles. The fraction of sp³-hybridized carbons (Fsp3) is 0.545. The Morgan fingerprint density at radius 2 is 1.97 bits per heavy atom. The van der Waals surface area contributed by atoms with Crippen molar-refractivity contribution in [3.05, 3.63) is 44.1 Å². The van der Waals surface area contributed by atoms with Crippen LogP contribution in [0.15, 0.2) is 21.8 Å². The summed E-state index contributed by atoms with van der Waals surface area (Å²) < 4.78 is 5.23. The van der Waals surface area contributed by atoms with Gasteiger partial charge in [0.25, 0.3) is 5.56 Å². The lowest BCUT2D eigenvalue weighted by Gasteiger charge is -2.31. The summed E-state index contributed by atoms with van der Waals surface area (Å²) in [6.45, 7) is 9.70. The van der Waals surface area contributed by atoms with Crippen LogP contribution in [-0.4, -0.2) is 46.3 Å².